The molecule has 0 atom stereocenters. The molecule has 8 heteroatoms. The number of carbonyl (C=O) groups excluding carboxylic acids is 2. The maximum atomic E-state index is 12.5. The van der Waals surface area contributed by atoms with Crippen molar-refractivity contribution in [2.24, 2.45) is 0 Å². The number of thioether (sulfide) groups is 1. The zero-order valence-corrected chi connectivity index (χ0v) is 15.7. The second-order valence-electron chi connectivity index (χ2n) is 5.98. The molecule has 0 aliphatic carbocycles. The molecule has 0 bridgehead atoms. The summed E-state index contributed by atoms with van der Waals surface area (Å²) in [4.78, 5) is 24.4. The van der Waals surface area contributed by atoms with Crippen molar-refractivity contribution in [3.63, 3.8) is 0 Å². The monoisotopic (exact) mass is 390 g/mol. The highest BCUT2D eigenvalue weighted by molar-refractivity contribution is 8.00. The highest BCUT2D eigenvalue weighted by Crippen LogP contribution is 2.33. The Morgan fingerprint density at radius 2 is 2.04 bits per heavy atom. The fourth-order valence-electron chi connectivity index (χ4n) is 2.55. The Hall–Kier alpha value is -2.32. The minimum atomic E-state index is -3.63. The Balaban J connectivity index is 1.66. The van der Waals surface area contributed by atoms with E-state index in [9.17, 15) is 18.0 Å². The summed E-state index contributed by atoms with van der Waals surface area (Å²) in [6.45, 7) is 1.91. The molecule has 0 aromatic heterocycles. The van der Waals surface area contributed by atoms with Gasteiger partial charge in [-0.25, -0.2) is 8.42 Å². The highest BCUT2D eigenvalue weighted by Gasteiger charge is 2.21. The van der Waals surface area contributed by atoms with Gasteiger partial charge in [-0.1, -0.05) is 12.1 Å². The second kappa shape index (κ2) is 7.51. The first kappa shape index (κ1) is 18.5. The molecule has 0 fully saturated rings. The van der Waals surface area contributed by atoms with Gasteiger partial charge in [-0.2, -0.15) is 0 Å². The summed E-state index contributed by atoms with van der Waals surface area (Å²) in [5.74, 6) is -0.501. The number of amides is 2. The fourth-order valence-corrected chi connectivity index (χ4v) is 4.60. The number of benzene rings is 2. The molecule has 1 heterocycles. The SMILES string of the molecule is Cc1cccc(NC(=O)CCS(=O)(=O)c2ccc3c(c2)NC(=O)CS3)c1. The smallest absolute Gasteiger partial charge is 0.234 e. The quantitative estimate of drug-likeness (QED) is 0.819. The Bertz CT molecular complexity index is 971. The molecule has 0 spiro atoms. The standard InChI is InChI=1S/C18H18N2O4S2/c1-12-3-2-4-13(9-12)19-17(21)7-8-26(23,24)14-5-6-16-15(10-14)20-18(22)11-25-16/h2-6,9-10H,7-8,11H2,1H3,(H,19,21)(H,20,22). The van der Waals surface area contributed by atoms with E-state index in [1.807, 2.05) is 25.1 Å². The lowest BCUT2D eigenvalue weighted by Crippen LogP contribution is -2.20. The summed E-state index contributed by atoms with van der Waals surface area (Å²) < 4.78 is 25.0. The van der Waals surface area contributed by atoms with Gasteiger partial charge in [0.05, 0.1) is 22.1 Å². The van der Waals surface area contributed by atoms with Gasteiger partial charge in [-0.15, -0.1) is 11.8 Å². The van der Waals surface area contributed by atoms with Gasteiger partial charge in [0.15, 0.2) is 9.84 Å². The van der Waals surface area contributed by atoms with Crippen molar-refractivity contribution in [1.29, 1.82) is 0 Å². The lowest BCUT2D eigenvalue weighted by Gasteiger charge is -2.17. The lowest BCUT2D eigenvalue weighted by atomic mass is 10.2. The number of rotatable bonds is 5. The van der Waals surface area contributed by atoms with Crippen LogP contribution in [0, 0.1) is 6.92 Å². The first-order valence-electron chi connectivity index (χ1n) is 7.99. The Kier molecular flexibility index (Phi) is 5.33. The average molecular weight is 390 g/mol. The maximum Gasteiger partial charge on any atom is 0.234 e. The Morgan fingerprint density at radius 1 is 1.23 bits per heavy atom. The molecule has 0 saturated heterocycles. The van der Waals surface area contributed by atoms with Crippen molar-refractivity contribution in [2.75, 3.05) is 22.1 Å². The summed E-state index contributed by atoms with van der Waals surface area (Å²) in [6, 6.07) is 11.9. The molecule has 2 amide bonds. The van der Waals surface area contributed by atoms with Crippen LogP contribution < -0.4 is 10.6 Å². The number of hydrogen-bond donors (Lipinski definition) is 2. The largest absolute Gasteiger partial charge is 0.326 e. The Morgan fingerprint density at radius 3 is 2.81 bits per heavy atom. The molecule has 2 aromatic carbocycles. The van der Waals surface area contributed by atoms with E-state index in [-0.39, 0.29) is 28.9 Å². The number of carbonyl (C=O) groups is 2. The molecular weight excluding hydrogens is 372 g/mol. The van der Waals surface area contributed by atoms with Gasteiger partial charge < -0.3 is 10.6 Å². The van der Waals surface area contributed by atoms with Crippen LogP contribution in [0.5, 0.6) is 0 Å². The van der Waals surface area contributed by atoms with Crippen LogP contribution in [0.15, 0.2) is 52.3 Å². The van der Waals surface area contributed by atoms with Gasteiger partial charge in [-0.05, 0) is 42.8 Å². The highest BCUT2D eigenvalue weighted by atomic mass is 32.2. The van der Waals surface area contributed by atoms with E-state index in [1.54, 1.807) is 12.1 Å². The summed E-state index contributed by atoms with van der Waals surface area (Å²) in [7, 11) is -3.63. The van der Waals surface area contributed by atoms with E-state index >= 15 is 0 Å². The Labute approximate surface area is 156 Å². The van der Waals surface area contributed by atoms with Crippen LogP contribution in [0.2, 0.25) is 0 Å². The predicted molar refractivity (Wildman–Crippen MR) is 102 cm³/mol. The minimum absolute atomic E-state index is 0.0994. The minimum Gasteiger partial charge on any atom is -0.326 e. The molecule has 26 heavy (non-hydrogen) atoms. The van der Waals surface area contributed by atoms with Crippen LogP contribution in [-0.2, 0) is 19.4 Å². The topological polar surface area (TPSA) is 92.3 Å². The van der Waals surface area contributed by atoms with Gasteiger partial charge in [0, 0.05) is 17.0 Å². The van der Waals surface area contributed by atoms with Gasteiger partial charge in [0.2, 0.25) is 11.8 Å². The number of nitrogens with one attached hydrogen (secondary N) is 2. The summed E-state index contributed by atoms with van der Waals surface area (Å²) in [5, 5.41) is 5.37. The first-order valence-corrected chi connectivity index (χ1v) is 10.6. The number of hydrogen-bond acceptors (Lipinski definition) is 5. The van der Waals surface area contributed by atoms with Crippen molar-refractivity contribution >= 4 is 44.8 Å². The summed E-state index contributed by atoms with van der Waals surface area (Å²) >= 11 is 1.37. The van der Waals surface area contributed by atoms with Crippen molar-refractivity contribution in [3.8, 4) is 0 Å². The zero-order valence-electron chi connectivity index (χ0n) is 14.1. The van der Waals surface area contributed by atoms with Crippen LogP contribution in [0.25, 0.3) is 0 Å². The van der Waals surface area contributed by atoms with Crippen molar-refractivity contribution in [2.45, 2.75) is 23.1 Å². The van der Waals surface area contributed by atoms with E-state index in [4.69, 9.17) is 0 Å². The third-order valence-electron chi connectivity index (χ3n) is 3.84. The van der Waals surface area contributed by atoms with Crippen LogP contribution in [0.1, 0.15) is 12.0 Å². The molecule has 0 radical (unpaired) electrons. The summed E-state index contributed by atoms with van der Waals surface area (Å²) in [5.41, 5.74) is 2.14. The molecule has 2 N–H and O–H groups in total. The number of anilines is 2. The molecule has 0 saturated carbocycles. The van der Waals surface area contributed by atoms with Crippen molar-refractivity contribution in [3.05, 3.63) is 48.0 Å². The molecule has 3 rings (SSSR count). The molecule has 0 unspecified atom stereocenters. The van der Waals surface area contributed by atoms with Crippen LogP contribution in [0.3, 0.4) is 0 Å². The maximum absolute atomic E-state index is 12.5. The third kappa shape index (κ3) is 4.44. The van der Waals surface area contributed by atoms with Gasteiger partial charge >= 0.3 is 0 Å². The zero-order chi connectivity index (χ0) is 18.7. The molecule has 6 nitrogen and oxygen atoms in total. The van der Waals surface area contributed by atoms with Crippen LogP contribution >= 0.6 is 11.8 Å². The van der Waals surface area contributed by atoms with Crippen molar-refractivity contribution in [1.82, 2.24) is 0 Å². The normalized spacial score (nSPS) is 13.7. The molecule has 1 aliphatic rings. The van der Waals surface area contributed by atoms with Gasteiger partial charge in [-0.3, -0.25) is 9.59 Å². The van der Waals surface area contributed by atoms with E-state index in [1.165, 1.54) is 23.9 Å². The van der Waals surface area contributed by atoms with Crippen LogP contribution in [0.4, 0.5) is 11.4 Å². The van der Waals surface area contributed by atoms with E-state index in [0.29, 0.717) is 17.1 Å². The number of fused-ring (bicyclic) bond motifs is 1. The first-order chi connectivity index (χ1) is 12.3. The molecule has 136 valence electrons. The second-order valence-corrected chi connectivity index (χ2v) is 9.11. The number of aryl methyl sites for hydroxylation is 1. The van der Waals surface area contributed by atoms with Gasteiger partial charge in [0.25, 0.3) is 0 Å². The fraction of sp³-hybridized carbons (Fsp3) is 0.222. The lowest BCUT2D eigenvalue weighted by molar-refractivity contribution is -0.116. The van der Waals surface area contributed by atoms with E-state index < -0.39 is 9.84 Å². The number of sulfone groups is 1. The predicted octanol–water partition coefficient (Wildman–Crippen LogP) is 2.84. The van der Waals surface area contributed by atoms with Crippen molar-refractivity contribution < 1.29 is 18.0 Å². The molecule has 2 aromatic rings. The molecule has 1 aliphatic heterocycles. The van der Waals surface area contributed by atoms with Gasteiger partial charge in [0.1, 0.15) is 0 Å². The third-order valence-corrected chi connectivity index (χ3v) is 6.63. The van der Waals surface area contributed by atoms with E-state index in [0.717, 1.165) is 10.5 Å². The summed E-state index contributed by atoms with van der Waals surface area (Å²) in [6.07, 6.45) is -0.144. The van der Waals surface area contributed by atoms with E-state index in [2.05, 4.69) is 10.6 Å². The van der Waals surface area contributed by atoms with Crippen LogP contribution in [-0.4, -0.2) is 31.7 Å². The molecular formula is C18H18N2O4S2. The average Bonchev–Trinajstić information content (AvgIpc) is 2.59.